The van der Waals surface area contributed by atoms with Gasteiger partial charge < -0.3 is 14.7 Å². The predicted molar refractivity (Wildman–Crippen MR) is 85.8 cm³/mol. The van der Waals surface area contributed by atoms with Crippen molar-refractivity contribution in [2.45, 2.75) is 6.92 Å². The molecule has 1 heterocycles. The average molecular weight is 297 g/mol. The van der Waals surface area contributed by atoms with E-state index in [0.29, 0.717) is 24.3 Å². The molecule has 1 aliphatic rings. The first-order valence-electron chi connectivity index (χ1n) is 7.43. The lowest BCUT2D eigenvalue weighted by Crippen LogP contribution is -2.37. The summed E-state index contributed by atoms with van der Waals surface area (Å²) in [6.45, 7) is 4.62. The van der Waals surface area contributed by atoms with Gasteiger partial charge in [-0.3, -0.25) is 4.79 Å². The topological polar surface area (TPSA) is 49.8 Å². The lowest BCUT2D eigenvalue weighted by atomic mass is 9.98. The molecule has 1 saturated heterocycles. The van der Waals surface area contributed by atoms with Gasteiger partial charge in [0.2, 0.25) is 0 Å². The predicted octanol–water partition coefficient (Wildman–Crippen LogP) is 2.77. The molecular weight excluding hydrogens is 278 g/mol. The second-order valence-corrected chi connectivity index (χ2v) is 5.47. The van der Waals surface area contributed by atoms with E-state index in [-0.39, 0.29) is 11.5 Å². The molecule has 1 fully saturated rings. The Morgan fingerprint density at radius 1 is 1.14 bits per heavy atom. The minimum Gasteiger partial charge on any atom is -0.507 e. The molecule has 0 amide bonds. The molecule has 0 unspecified atom stereocenters. The summed E-state index contributed by atoms with van der Waals surface area (Å²) in [7, 11) is 0. The summed E-state index contributed by atoms with van der Waals surface area (Å²) in [5.41, 5.74) is 2.67. The van der Waals surface area contributed by atoms with Gasteiger partial charge >= 0.3 is 0 Å². The highest BCUT2D eigenvalue weighted by Gasteiger charge is 2.23. The number of ether oxygens (including phenoxy) is 1. The van der Waals surface area contributed by atoms with E-state index in [1.165, 1.54) is 0 Å². The number of morpholine rings is 1. The highest BCUT2D eigenvalue weighted by molar-refractivity contribution is 6.14. The molecule has 0 atom stereocenters. The monoisotopic (exact) mass is 297 g/mol. The van der Waals surface area contributed by atoms with E-state index >= 15 is 0 Å². The van der Waals surface area contributed by atoms with E-state index in [1.807, 2.05) is 31.2 Å². The number of phenols is 1. The smallest absolute Gasteiger partial charge is 0.198 e. The number of aryl methyl sites for hydroxylation is 1. The van der Waals surface area contributed by atoms with Crippen molar-refractivity contribution in [3.05, 3.63) is 59.2 Å². The SMILES string of the molecule is Cc1cc(O)c(C(=O)c2ccccc2)c(N2CCOCC2)c1. The van der Waals surface area contributed by atoms with Crippen molar-refractivity contribution in [3.63, 3.8) is 0 Å². The summed E-state index contributed by atoms with van der Waals surface area (Å²) in [5, 5.41) is 10.4. The van der Waals surface area contributed by atoms with Crippen LogP contribution in [0.3, 0.4) is 0 Å². The van der Waals surface area contributed by atoms with Crippen molar-refractivity contribution in [3.8, 4) is 5.75 Å². The molecule has 1 N–H and O–H groups in total. The van der Waals surface area contributed by atoms with Gasteiger partial charge in [0.1, 0.15) is 5.75 Å². The summed E-state index contributed by atoms with van der Waals surface area (Å²) in [6.07, 6.45) is 0. The van der Waals surface area contributed by atoms with Crippen LogP contribution in [0.2, 0.25) is 0 Å². The zero-order valence-electron chi connectivity index (χ0n) is 12.6. The van der Waals surface area contributed by atoms with Crippen LogP contribution in [0.4, 0.5) is 5.69 Å². The van der Waals surface area contributed by atoms with Gasteiger partial charge in [-0.2, -0.15) is 0 Å². The first kappa shape index (κ1) is 14.6. The minimum absolute atomic E-state index is 0.0374. The van der Waals surface area contributed by atoms with Gasteiger partial charge in [0.05, 0.1) is 24.5 Å². The molecule has 0 radical (unpaired) electrons. The third-order valence-corrected chi connectivity index (χ3v) is 3.86. The maximum atomic E-state index is 12.8. The van der Waals surface area contributed by atoms with Crippen molar-refractivity contribution in [2.24, 2.45) is 0 Å². The number of hydrogen-bond acceptors (Lipinski definition) is 4. The highest BCUT2D eigenvalue weighted by atomic mass is 16.5. The third-order valence-electron chi connectivity index (χ3n) is 3.86. The summed E-state index contributed by atoms with van der Waals surface area (Å²) in [6, 6.07) is 12.7. The van der Waals surface area contributed by atoms with Crippen molar-refractivity contribution in [2.75, 3.05) is 31.2 Å². The number of aromatic hydroxyl groups is 1. The van der Waals surface area contributed by atoms with Crippen molar-refractivity contribution in [1.82, 2.24) is 0 Å². The maximum Gasteiger partial charge on any atom is 0.198 e. The number of ketones is 1. The van der Waals surface area contributed by atoms with Crippen molar-refractivity contribution < 1.29 is 14.6 Å². The molecule has 2 aromatic carbocycles. The Kier molecular flexibility index (Phi) is 4.11. The minimum atomic E-state index is -0.153. The maximum absolute atomic E-state index is 12.8. The van der Waals surface area contributed by atoms with E-state index in [9.17, 15) is 9.90 Å². The fourth-order valence-electron chi connectivity index (χ4n) is 2.77. The van der Waals surface area contributed by atoms with Crippen LogP contribution in [-0.2, 0) is 4.74 Å². The third kappa shape index (κ3) is 2.83. The molecule has 4 nitrogen and oxygen atoms in total. The van der Waals surface area contributed by atoms with Crippen molar-refractivity contribution in [1.29, 1.82) is 0 Å². The second kappa shape index (κ2) is 6.20. The van der Waals surface area contributed by atoms with Gasteiger partial charge in [0.15, 0.2) is 5.78 Å². The summed E-state index contributed by atoms with van der Waals surface area (Å²) in [4.78, 5) is 14.9. The van der Waals surface area contributed by atoms with Crippen molar-refractivity contribution >= 4 is 11.5 Å². The quantitative estimate of drug-likeness (QED) is 0.885. The Labute approximate surface area is 130 Å². The van der Waals surface area contributed by atoms with Crippen LogP contribution in [0.25, 0.3) is 0 Å². The first-order chi connectivity index (χ1) is 10.7. The molecule has 114 valence electrons. The lowest BCUT2D eigenvalue weighted by molar-refractivity contribution is 0.103. The first-order valence-corrected chi connectivity index (χ1v) is 7.43. The zero-order valence-corrected chi connectivity index (χ0v) is 12.6. The lowest BCUT2D eigenvalue weighted by Gasteiger charge is -2.31. The Hall–Kier alpha value is -2.33. The highest BCUT2D eigenvalue weighted by Crippen LogP contribution is 2.33. The Morgan fingerprint density at radius 2 is 1.82 bits per heavy atom. The van der Waals surface area contributed by atoms with E-state index < -0.39 is 0 Å². The molecular formula is C18H19NO3. The molecule has 1 aliphatic heterocycles. The average Bonchev–Trinajstić information content (AvgIpc) is 2.55. The number of carbonyl (C=O) groups excluding carboxylic acids is 1. The second-order valence-electron chi connectivity index (χ2n) is 5.47. The van der Waals surface area contributed by atoms with Crippen LogP contribution in [0.1, 0.15) is 21.5 Å². The van der Waals surface area contributed by atoms with Gasteiger partial charge in [0, 0.05) is 18.7 Å². The Balaban J connectivity index is 2.07. The van der Waals surface area contributed by atoms with E-state index in [0.717, 1.165) is 24.3 Å². The van der Waals surface area contributed by atoms with Crippen LogP contribution < -0.4 is 4.90 Å². The number of hydrogen-bond donors (Lipinski definition) is 1. The van der Waals surface area contributed by atoms with Crippen LogP contribution in [-0.4, -0.2) is 37.2 Å². The van der Waals surface area contributed by atoms with E-state index in [2.05, 4.69) is 4.90 Å². The molecule has 0 saturated carbocycles. The Morgan fingerprint density at radius 3 is 2.50 bits per heavy atom. The number of benzene rings is 2. The summed E-state index contributed by atoms with van der Waals surface area (Å²) >= 11 is 0. The number of rotatable bonds is 3. The number of carbonyl (C=O) groups is 1. The van der Waals surface area contributed by atoms with Gasteiger partial charge in [-0.05, 0) is 24.6 Å². The van der Waals surface area contributed by atoms with E-state index in [1.54, 1.807) is 18.2 Å². The standard InChI is InChI=1S/C18H19NO3/c1-13-11-15(19-7-9-22-10-8-19)17(16(20)12-13)18(21)14-5-3-2-4-6-14/h2-6,11-12,20H,7-10H2,1H3. The van der Waals surface area contributed by atoms with Gasteiger partial charge in [0.25, 0.3) is 0 Å². The van der Waals surface area contributed by atoms with Crippen LogP contribution in [0.5, 0.6) is 5.75 Å². The summed E-state index contributed by atoms with van der Waals surface area (Å²) < 4.78 is 5.38. The largest absolute Gasteiger partial charge is 0.507 e. The van der Waals surface area contributed by atoms with E-state index in [4.69, 9.17) is 4.74 Å². The van der Waals surface area contributed by atoms with Crippen LogP contribution >= 0.6 is 0 Å². The Bertz CT molecular complexity index is 676. The molecule has 4 heteroatoms. The van der Waals surface area contributed by atoms with Crippen LogP contribution in [0, 0.1) is 6.92 Å². The molecule has 22 heavy (non-hydrogen) atoms. The van der Waals surface area contributed by atoms with Gasteiger partial charge in [-0.25, -0.2) is 0 Å². The number of phenolic OH excluding ortho intramolecular Hbond substituents is 1. The van der Waals surface area contributed by atoms with Crippen LogP contribution in [0.15, 0.2) is 42.5 Å². The molecule has 2 aromatic rings. The number of nitrogens with zero attached hydrogens (tertiary/aromatic N) is 1. The zero-order chi connectivity index (χ0) is 15.5. The fraction of sp³-hybridized carbons (Fsp3) is 0.278. The fourth-order valence-corrected chi connectivity index (χ4v) is 2.77. The van der Waals surface area contributed by atoms with Gasteiger partial charge in [-0.1, -0.05) is 30.3 Å². The molecule has 0 aliphatic carbocycles. The normalized spacial score (nSPS) is 14.9. The molecule has 0 aromatic heterocycles. The molecule has 0 spiro atoms. The summed E-state index contributed by atoms with van der Waals surface area (Å²) in [5.74, 6) is -0.116. The molecule has 0 bridgehead atoms. The van der Waals surface area contributed by atoms with Gasteiger partial charge in [-0.15, -0.1) is 0 Å². The number of anilines is 1. The molecule has 3 rings (SSSR count).